The van der Waals surface area contributed by atoms with Crippen molar-refractivity contribution in [3.8, 4) is 11.4 Å². The molecule has 0 atom stereocenters. The lowest BCUT2D eigenvalue weighted by molar-refractivity contribution is -0.129. The van der Waals surface area contributed by atoms with E-state index < -0.39 is 0 Å². The first-order chi connectivity index (χ1) is 15.5. The lowest BCUT2D eigenvalue weighted by Crippen LogP contribution is -2.48. The van der Waals surface area contributed by atoms with Crippen molar-refractivity contribution in [1.29, 1.82) is 0 Å². The summed E-state index contributed by atoms with van der Waals surface area (Å²) in [5, 5.41) is 7.41. The largest absolute Gasteiger partial charge is 0.490 e. The number of ether oxygens (including phenoxy) is 1. The molecule has 2 amide bonds. The summed E-state index contributed by atoms with van der Waals surface area (Å²) < 4.78 is 7.31. The smallest absolute Gasteiger partial charge is 0.280 e. The molecule has 8 heteroatoms. The number of nitrogens with one attached hydrogen (secondary N) is 1. The quantitative estimate of drug-likeness (QED) is 0.646. The van der Waals surface area contributed by atoms with Gasteiger partial charge in [-0.05, 0) is 37.3 Å². The van der Waals surface area contributed by atoms with Crippen LogP contribution in [-0.4, -0.2) is 59.3 Å². The number of para-hydroxylation sites is 1. The number of nitrogens with zero attached hydrogens (tertiary/aromatic N) is 4. The van der Waals surface area contributed by atoms with Gasteiger partial charge in [-0.25, -0.2) is 4.68 Å². The summed E-state index contributed by atoms with van der Waals surface area (Å²) in [5.41, 5.74) is 2.76. The van der Waals surface area contributed by atoms with E-state index in [4.69, 9.17) is 4.74 Å². The van der Waals surface area contributed by atoms with Gasteiger partial charge in [-0.2, -0.15) is 5.10 Å². The lowest BCUT2D eigenvalue weighted by atomic mass is 10.2. The lowest BCUT2D eigenvalue weighted by Gasteiger charge is -2.35. The molecule has 4 rings (SSSR count). The average molecular weight is 434 g/mol. The van der Waals surface area contributed by atoms with Crippen molar-refractivity contribution in [2.24, 2.45) is 0 Å². The molecule has 0 unspecified atom stereocenters. The van der Waals surface area contributed by atoms with E-state index >= 15 is 0 Å². The van der Waals surface area contributed by atoms with E-state index in [1.54, 1.807) is 17.8 Å². The first-order valence-corrected chi connectivity index (χ1v) is 10.7. The fourth-order valence-electron chi connectivity index (χ4n) is 3.74. The molecule has 2 heterocycles. The summed E-state index contributed by atoms with van der Waals surface area (Å²) in [6, 6.07) is 17.3. The first kappa shape index (κ1) is 21.4. The van der Waals surface area contributed by atoms with Crippen LogP contribution in [-0.2, 0) is 4.79 Å². The normalized spacial score (nSPS) is 13.7. The Kier molecular flexibility index (Phi) is 6.39. The molecule has 1 fully saturated rings. The van der Waals surface area contributed by atoms with Crippen LogP contribution < -0.4 is 15.0 Å². The van der Waals surface area contributed by atoms with E-state index in [0.717, 1.165) is 24.5 Å². The molecule has 1 aliphatic rings. The van der Waals surface area contributed by atoms with Gasteiger partial charge in [-0.3, -0.25) is 9.59 Å². The van der Waals surface area contributed by atoms with Crippen molar-refractivity contribution < 1.29 is 14.3 Å². The number of aromatic nitrogens is 2. The predicted octanol–water partition coefficient (Wildman–Crippen LogP) is 3.19. The Morgan fingerprint density at radius 1 is 1.00 bits per heavy atom. The first-order valence-electron chi connectivity index (χ1n) is 10.7. The molecule has 0 aliphatic carbocycles. The number of hydrogen-bond donors (Lipinski definition) is 1. The maximum absolute atomic E-state index is 13.0. The molecule has 0 radical (unpaired) electrons. The van der Waals surface area contributed by atoms with Crippen molar-refractivity contribution in [1.82, 2.24) is 14.7 Å². The maximum atomic E-state index is 13.0. The van der Waals surface area contributed by atoms with Gasteiger partial charge in [-0.15, -0.1) is 0 Å². The number of hydrogen-bond acceptors (Lipinski definition) is 5. The monoisotopic (exact) mass is 433 g/mol. The third-order valence-corrected chi connectivity index (χ3v) is 5.41. The Labute approximate surface area is 187 Å². The van der Waals surface area contributed by atoms with Crippen LogP contribution in [0.1, 0.15) is 24.3 Å². The Morgan fingerprint density at radius 3 is 2.41 bits per heavy atom. The number of benzene rings is 2. The van der Waals surface area contributed by atoms with Gasteiger partial charge in [0.15, 0.2) is 11.4 Å². The topological polar surface area (TPSA) is 79.7 Å². The molecule has 1 saturated heterocycles. The minimum atomic E-state index is -0.332. The minimum Gasteiger partial charge on any atom is -0.490 e. The van der Waals surface area contributed by atoms with E-state index in [9.17, 15) is 9.59 Å². The summed E-state index contributed by atoms with van der Waals surface area (Å²) in [7, 11) is 0. The standard InChI is InChI=1S/C24H27N5O3/c1-3-32-22-17-29(20-9-5-4-6-10-20)26-23(22)24(31)25-19-8-7-11-21(16-19)28-14-12-27(13-15-28)18(2)30/h4-11,16-17H,3,12-15H2,1-2H3,(H,25,31). The van der Waals surface area contributed by atoms with Crippen molar-refractivity contribution in [3.05, 3.63) is 66.5 Å². The van der Waals surface area contributed by atoms with E-state index in [2.05, 4.69) is 15.3 Å². The Balaban J connectivity index is 1.50. The molecule has 32 heavy (non-hydrogen) atoms. The third kappa shape index (κ3) is 4.74. The summed E-state index contributed by atoms with van der Waals surface area (Å²) in [6.45, 7) is 6.81. The van der Waals surface area contributed by atoms with Gasteiger partial charge < -0.3 is 19.9 Å². The molecule has 1 N–H and O–H groups in total. The highest BCUT2D eigenvalue weighted by molar-refractivity contribution is 6.05. The minimum absolute atomic E-state index is 0.103. The van der Waals surface area contributed by atoms with E-state index in [-0.39, 0.29) is 17.5 Å². The molecular formula is C24H27N5O3. The highest BCUT2D eigenvalue weighted by Gasteiger charge is 2.21. The molecular weight excluding hydrogens is 406 g/mol. The SMILES string of the molecule is CCOc1cn(-c2ccccc2)nc1C(=O)Nc1cccc(N2CCN(C(C)=O)CC2)c1. The van der Waals surface area contributed by atoms with Crippen LogP contribution in [0.2, 0.25) is 0 Å². The molecule has 8 nitrogen and oxygen atoms in total. The number of amides is 2. The van der Waals surface area contributed by atoms with Crippen LogP contribution in [0.4, 0.5) is 11.4 Å². The zero-order valence-electron chi connectivity index (χ0n) is 18.3. The van der Waals surface area contributed by atoms with Crippen LogP contribution in [0.3, 0.4) is 0 Å². The summed E-state index contributed by atoms with van der Waals surface area (Å²) >= 11 is 0. The molecule has 1 aliphatic heterocycles. The van der Waals surface area contributed by atoms with E-state index in [1.165, 1.54) is 0 Å². The van der Waals surface area contributed by atoms with Crippen molar-refractivity contribution in [2.45, 2.75) is 13.8 Å². The second-order valence-electron chi connectivity index (χ2n) is 7.55. The second-order valence-corrected chi connectivity index (χ2v) is 7.55. The summed E-state index contributed by atoms with van der Waals surface area (Å²) in [4.78, 5) is 28.7. The number of anilines is 2. The molecule has 3 aromatic rings. The zero-order valence-corrected chi connectivity index (χ0v) is 18.3. The van der Waals surface area contributed by atoms with Gasteiger partial charge in [0, 0.05) is 44.5 Å². The van der Waals surface area contributed by atoms with Gasteiger partial charge in [0.1, 0.15) is 0 Å². The molecule has 0 bridgehead atoms. The summed E-state index contributed by atoms with van der Waals surface area (Å²) in [5.74, 6) is 0.206. The second kappa shape index (κ2) is 9.55. The van der Waals surface area contributed by atoms with Gasteiger partial charge >= 0.3 is 0 Å². The highest BCUT2D eigenvalue weighted by atomic mass is 16.5. The molecule has 166 valence electrons. The number of rotatable bonds is 6. The molecule has 0 saturated carbocycles. The van der Waals surface area contributed by atoms with E-state index in [1.807, 2.05) is 66.4 Å². The molecule has 0 spiro atoms. The van der Waals surface area contributed by atoms with Crippen molar-refractivity contribution in [3.63, 3.8) is 0 Å². The van der Waals surface area contributed by atoms with Crippen molar-refractivity contribution in [2.75, 3.05) is 43.0 Å². The zero-order chi connectivity index (χ0) is 22.5. The summed E-state index contributed by atoms with van der Waals surface area (Å²) in [6.07, 6.45) is 1.72. The van der Waals surface area contributed by atoms with Crippen LogP contribution in [0.25, 0.3) is 5.69 Å². The maximum Gasteiger partial charge on any atom is 0.280 e. The van der Waals surface area contributed by atoms with Crippen LogP contribution in [0, 0.1) is 0 Å². The average Bonchev–Trinajstić information content (AvgIpc) is 3.24. The predicted molar refractivity (Wildman–Crippen MR) is 124 cm³/mol. The molecule has 1 aromatic heterocycles. The van der Waals surface area contributed by atoms with Gasteiger partial charge in [-0.1, -0.05) is 24.3 Å². The van der Waals surface area contributed by atoms with Crippen LogP contribution in [0.5, 0.6) is 5.75 Å². The van der Waals surface area contributed by atoms with Gasteiger partial charge in [0.2, 0.25) is 5.91 Å². The Bertz CT molecular complexity index is 1090. The Hall–Kier alpha value is -3.81. The number of carbonyl (C=O) groups excluding carboxylic acids is 2. The fourth-order valence-corrected chi connectivity index (χ4v) is 3.74. The third-order valence-electron chi connectivity index (χ3n) is 5.41. The van der Waals surface area contributed by atoms with Gasteiger partial charge in [0.05, 0.1) is 18.5 Å². The Morgan fingerprint density at radius 2 is 1.72 bits per heavy atom. The number of piperazine rings is 1. The fraction of sp³-hybridized carbons (Fsp3) is 0.292. The van der Waals surface area contributed by atoms with Crippen LogP contribution in [0.15, 0.2) is 60.8 Å². The highest BCUT2D eigenvalue weighted by Crippen LogP contribution is 2.24. The van der Waals surface area contributed by atoms with Crippen LogP contribution >= 0.6 is 0 Å². The van der Waals surface area contributed by atoms with Crippen molar-refractivity contribution >= 4 is 23.2 Å². The number of carbonyl (C=O) groups is 2. The molecule has 2 aromatic carbocycles. The van der Waals surface area contributed by atoms with E-state index in [0.29, 0.717) is 31.1 Å². The van der Waals surface area contributed by atoms with Gasteiger partial charge in [0.25, 0.3) is 5.91 Å².